The predicted octanol–water partition coefficient (Wildman–Crippen LogP) is -0.678. The zero-order chi connectivity index (χ0) is 9.19. The third kappa shape index (κ3) is 1.54. The second kappa shape index (κ2) is 3.08. The fourth-order valence-corrected chi connectivity index (χ4v) is 0.913. The lowest BCUT2D eigenvalue weighted by molar-refractivity contribution is -0.259. The molecule has 0 aliphatic carbocycles. The topological polar surface area (TPSA) is 87.7 Å². The first-order valence-electron chi connectivity index (χ1n) is 3.44. The Bertz CT molecular complexity index is 218. The molecule has 12 heavy (non-hydrogen) atoms. The Morgan fingerprint density at radius 3 is 2.83 bits per heavy atom. The summed E-state index contributed by atoms with van der Waals surface area (Å²) in [5, 5.41) is 12.7. The number of imide groups is 1. The first-order valence-corrected chi connectivity index (χ1v) is 3.44. The maximum Gasteiger partial charge on any atom is 0.321 e. The van der Waals surface area contributed by atoms with Gasteiger partial charge >= 0.3 is 6.03 Å². The van der Waals surface area contributed by atoms with Gasteiger partial charge in [0, 0.05) is 6.54 Å². The van der Waals surface area contributed by atoms with Crippen molar-refractivity contribution in [1.82, 2.24) is 10.6 Å². The Kier molecular flexibility index (Phi) is 2.30. The molecule has 0 aromatic rings. The van der Waals surface area contributed by atoms with Gasteiger partial charge in [0.1, 0.15) is 0 Å². The number of hydrogen-bond acceptors (Lipinski definition) is 4. The van der Waals surface area contributed by atoms with Crippen molar-refractivity contribution in [3.05, 3.63) is 0 Å². The highest BCUT2D eigenvalue weighted by Crippen LogP contribution is 2.17. The smallest absolute Gasteiger partial charge is 0.321 e. The molecule has 3 N–H and O–H groups in total. The van der Waals surface area contributed by atoms with Gasteiger partial charge in [0.05, 0.1) is 12.0 Å². The van der Waals surface area contributed by atoms with E-state index in [0.717, 1.165) is 0 Å². The highest BCUT2D eigenvalue weighted by Gasteiger charge is 2.38. The Morgan fingerprint density at radius 1 is 1.67 bits per heavy atom. The molecule has 1 unspecified atom stereocenters. The fourth-order valence-electron chi connectivity index (χ4n) is 0.913. The molecule has 68 valence electrons. The van der Waals surface area contributed by atoms with Crippen molar-refractivity contribution in [2.24, 2.45) is 5.41 Å². The molecule has 0 radical (unpaired) electrons. The van der Waals surface area contributed by atoms with Crippen LogP contribution in [0.2, 0.25) is 0 Å². The van der Waals surface area contributed by atoms with Gasteiger partial charge in [-0.25, -0.2) is 9.68 Å². The minimum absolute atomic E-state index is 0.140. The van der Waals surface area contributed by atoms with E-state index in [-0.39, 0.29) is 13.2 Å². The second-order valence-electron chi connectivity index (χ2n) is 2.97. The lowest BCUT2D eigenvalue weighted by atomic mass is 9.89. The van der Waals surface area contributed by atoms with E-state index in [1.807, 2.05) is 0 Å². The molecule has 6 heteroatoms. The summed E-state index contributed by atoms with van der Waals surface area (Å²) in [4.78, 5) is 25.7. The minimum Gasteiger partial charge on any atom is -0.337 e. The number of carbonyl (C=O) groups excluding carboxylic acids is 2. The van der Waals surface area contributed by atoms with E-state index < -0.39 is 17.4 Å². The highest BCUT2D eigenvalue weighted by molar-refractivity contribution is 5.99. The SMILES string of the molecule is CC1(COO)CNC(=O)NC1=O. The quantitative estimate of drug-likeness (QED) is 0.382. The van der Waals surface area contributed by atoms with E-state index in [1.165, 1.54) is 0 Å². The van der Waals surface area contributed by atoms with Gasteiger partial charge in [0.2, 0.25) is 5.91 Å². The van der Waals surface area contributed by atoms with Crippen molar-refractivity contribution in [2.45, 2.75) is 6.92 Å². The van der Waals surface area contributed by atoms with Crippen LogP contribution in [0.15, 0.2) is 0 Å². The molecule has 1 fully saturated rings. The molecule has 1 rings (SSSR count). The molecule has 0 saturated carbocycles. The molecule has 1 aliphatic heterocycles. The number of hydrogen-bond donors (Lipinski definition) is 3. The molecule has 1 atom stereocenters. The minimum atomic E-state index is -0.886. The molecule has 3 amide bonds. The molecule has 0 aromatic carbocycles. The third-order valence-electron chi connectivity index (χ3n) is 1.80. The van der Waals surface area contributed by atoms with Gasteiger partial charge in [-0.1, -0.05) is 0 Å². The van der Waals surface area contributed by atoms with Gasteiger partial charge in [0.25, 0.3) is 0 Å². The van der Waals surface area contributed by atoms with Crippen LogP contribution in [0, 0.1) is 5.41 Å². The third-order valence-corrected chi connectivity index (χ3v) is 1.80. The Hall–Kier alpha value is -1.14. The lowest BCUT2D eigenvalue weighted by Crippen LogP contribution is -2.59. The van der Waals surface area contributed by atoms with Gasteiger partial charge in [0.15, 0.2) is 0 Å². The molecular weight excluding hydrogens is 164 g/mol. The van der Waals surface area contributed by atoms with Crippen LogP contribution in [0.3, 0.4) is 0 Å². The van der Waals surface area contributed by atoms with E-state index in [9.17, 15) is 9.59 Å². The summed E-state index contributed by atoms with van der Waals surface area (Å²) < 4.78 is 0. The normalized spacial score (nSPS) is 29.5. The maximum atomic E-state index is 11.2. The van der Waals surface area contributed by atoms with Crippen LogP contribution in [0.5, 0.6) is 0 Å². The fraction of sp³-hybridized carbons (Fsp3) is 0.667. The Morgan fingerprint density at radius 2 is 2.33 bits per heavy atom. The summed E-state index contributed by atoms with van der Waals surface area (Å²) in [6.45, 7) is 1.61. The number of rotatable bonds is 2. The van der Waals surface area contributed by atoms with Crippen LogP contribution in [0.1, 0.15) is 6.92 Å². The van der Waals surface area contributed by atoms with Gasteiger partial charge in [-0.2, -0.15) is 0 Å². The number of urea groups is 1. The zero-order valence-electron chi connectivity index (χ0n) is 6.59. The van der Waals surface area contributed by atoms with Crippen molar-refractivity contribution in [3.8, 4) is 0 Å². The van der Waals surface area contributed by atoms with Crippen molar-refractivity contribution in [3.63, 3.8) is 0 Å². The maximum absolute atomic E-state index is 11.2. The molecule has 1 heterocycles. The molecule has 6 nitrogen and oxygen atoms in total. The van der Waals surface area contributed by atoms with Gasteiger partial charge in [-0.15, -0.1) is 0 Å². The molecular formula is C6H10N2O4. The van der Waals surface area contributed by atoms with E-state index >= 15 is 0 Å². The van der Waals surface area contributed by atoms with Gasteiger partial charge in [-0.3, -0.25) is 15.4 Å². The van der Waals surface area contributed by atoms with Crippen LogP contribution < -0.4 is 10.6 Å². The Balaban J connectivity index is 2.66. The standard InChI is InChI=1S/C6H10N2O4/c1-6(3-12-11)2-7-5(10)8-4(6)9/h11H,2-3H2,1H3,(H2,7,8,9,10). The van der Waals surface area contributed by atoms with E-state index in [2.05, 4.69) is 15.5 Å². The number of amides is 3. The van der Waals surface area contributed by atoms with Crippen LogP contribution in [-0.2, 0) is 9.68 Å². The van der Waals surface area contributed by atoms with Crippen molar-refractivity contribution in [1.29, 1.82) is 0 Å². The van der Waals surface area contributed by atoms with Gasteiger partial charge < -0.3 is 5.32 Å². The number of carbonyl (C=O) groups is 2. The highest BCUT2D eigenvalue weighted by atomic mass is 17.1. The average molecular weight is 174 g/mol. The summed E-state index contributed by atoms with van der Waals surface area (Å²) in [5.74, 6) is -0.444. The molecule has 1 aliphatic rings. The second-order valence-corrected chi connectivity index (χ2v) is 2.97. The molecule has 1 saturated heterocycles. The van der Waals surface area contributed by atoms with E-state index in [0.29, 0.717) is 0 Å². The van der Waals surface area contributed by atoms with Crippen LogP contribution in [0.4, 0.5) is 4.79 Å². The zero-order valence-corrected chi connectivity index (χ0v) is 6.59. The molecule has 0 spiro atoms. The van der Waals surface area contributed by atoms with Crippen molar-refractivity contribution in [2.75, 3.05) is 13.2 Å². The van der Waals surface area contributed by atoms with Crippen molar-refractivity contribution < 1.29 is 19.7 Å². The predicted molar refractivity (Wildman–Crippen MR) is 38.2 cm³/mol. The first-order chi connectivity index (χ1) is 5.58. The lowest BCUT2D eigenvalue weighted by Gasteiger charge is -2.30. The number of nitrogens with one attached hydrogen (secondary N) is 2. The molecule has 0 aromatic heterocycles. The summed E-state index contributed by atoms with van der Waals surface area (Å²) in [6, 6.07) is -0.518. The summed E-state index contributed by atoms with van der Waals surface area (Å²) in [5.41, 5.74) is -0.886. The Labute approximate surface area is 68.8 Å². The van der Waals surface area contributed by atoms with E-state index in [1.54, 1.807) is 6.92 Å². The summed E-state index contributed by atoms with van der Waals surface area (Å²) in [6.07, 6.45) is 0. The van der Waals surface area contributed by atoms with Gasteiger partial charge in [-0.05, 0) is 6.92 Å². The van der Waals surface area contributed by atoms with Crippen LogP contribution in [0.25, 0.3) is 0 Å². The first kappa shape index (κ1) is 8.95. The largest absolute Gasteiger partial charge is 0.337 e. The van der Waals surface area contributed by atoms with Crippen LogP contribution >= 0.6 is 0 Å². The molecule has 0 bridgehead atoms. The van der Waals surface area contributed by atoms with Crippen LogP contribution in [-0.4, -0.2) is 30.3 Å². The summed E-state index contributed by atoms with van der Waals surface area (Å²) in [7, 11) is 0. The van der Waals surface area contributed by atoms with Crippen molar-refractivity contribution >= 4 is 11.9 Å². The summed E-state index contributed by atoms with van der Waals surface area (Å²) >= 11 is 0. The average Bonchev–Trinajstić information content (AvgIpc) is 1.99. The monoisotopic (exact) mass is 174 g/mol. The van der Waals surface area contributed by atoms with E-state index in [4.69, 9.17) is 5.26 Å².